The second kappa shape index (κ2) is 7.01. The van der Waals surface area contributed by atoms with Crippen LogP contribution in [0.2, 0.25) is 0 Å². The van der Waals surface area contributed by atoms with Crippen LogP contribution in [-0.4, -0.2) is 31.5 Å². The van der Waals surface area contributed by atoms with Crippen LogP contribution in [0.3, 0.4) is 0 Å². The molecule has 0 atom stereocenters. The third-order valence-electron chi connectivity index (χ3n) is 8.30. The fourth-order valence-corrected chi connectivity index (χ4v) is 6.81. The molecule has 178 valence electrons. The minimum absolute atomic E-state index is 0.0320. The molecule has 0 spiro atoms. The van der Waals surface area contributed by atoms with E-state index in [1.54, 1.807) is 6.08 Å². The van der Waals surface area contributed by atoms with Gasteiger partial charge in [-0.15, -0.1) is 0 Å². The molecule has 6 nitrogen and oxygen atoms in total. The molecule has 3 saturated carbocycles. The maximum Gasteiger partial charge on any atom is 0.182 e. The van der Waals surface area contributed by atoms with Crippen LogP contribution >= 0.6 is 0 Å². The second-order valence-corrected chi connectivity index (χ2v) is 10.8. The van der Waals surface area contributed by atoms with Crippen molar-refractivity contribution in [3.63, 3.8) is 0 Å². The Hall–Kier alpha value is -4.58. The zero-order chi connectivity index (χ0) is 24.8. The molecule has 0 amide bonds. The molecule has 5 heterocycles. The van der Waals surface area contributed by atoms with E-state index >= 15 is 0 Å². The van der Waals surface area contributed by atoms with Gasteiger partial charge in [-0.1, -0.05) is 0 Å². The van der Waals surface area contributed by atoms with Gasteiger partial charge < -0.3 is 9.97 Å². The van der Waals surface area contributed by atoms with E-state index in [4.69, 9.17) is 9.97 Å². The molecule has 9 rings (SSSR count). The lowest BCUT2D eigenvalue weighted by molar-refractivity contribution is -0.132. The molecule has 0 radical (unpaired) electrons. The van der Waals surface area contributed by atoms with Crippen molar-refractivity contribution in [1.29, 1.82) is 0 Å². The number of allylic oxidation sites excluding steroid dienone is 4. The highest BCUT2D eigenvalue weighted by atomic mass is 16.1. The van der Waals surface area contributed by atoms with Gasteiger partial charge in [0.05, 0.1) is 22.8 Å². The predicted octanol–water partition coefficient (Wildman–Crippen LogP) is 5.71. The van der Waals surface area contributed by atoms with E-state index in [0.717, 1.165) is 69.7 Å². The van der Waals surface area contributed by atoms with Gasteiger partial charge in [0.25, 0.3) is 0 Å². The summed E-state index contributed by atoms with van der Waals surface area (Å²) in [5, 5.41) is 0. The van der Waals surface area contributed by atoms with E-state index in [1.807, 2.05) is 12.2 Å². The predicted molar refractivity (Wildman–Crippen MR) is 144 cm³/mol. The van der Waals surface area contributed by atoms with Gasteiger partial charge in [-0.3, -0.25) is 9.59 Å². The Morgan fingerprint density at radius 3 is 1.73 bits per heavy atom. The number of aromatic amines is 2. The fraction of sp³-hybridized carbons (Fsp3) is 0.161. The maximum atomic E-state index is 12.6. The molecule has 6 heteroatoms. The Labute approximate surface area is 212 Å². The monoisotopic (exact) mass is 482 g/mol. The minimum atomic E-state index is -0.208. The zero-order valence-electron chi connectivity index (χ0n) is 19.9. The van der Waals surface area contributed by atoms with E-state index < -0.39 is 0 Å². The average molecular weight is 483 g/mol. The Balaban J connectivity index is 1.31. The molecule has 2 N–H and O–H groups in total. The molecular formula is C31H22N4O2. The molecular weight excluding hydrogens is 460 g/mol. The van der Waals surface area contributed by atoms with E-state index in [9.17, 15) is 9.59 Å². The first-order valence-corrected chi connectivity index (χ1v) is 12.5. The Bertz CT molecular complexity index is 1750. The Morgan fingerprint density at radius 2 is 1.16 bits per heavy atom. The highest BCUT2D eigenvalue weighted by Crippen LogP contribution is 2.77. The highest BCUT2D eigenvalue weighted by molar-refractivity contribution is 6.18. The van der Waals surface area contributed by atoms with E-state index in [0.29, 0.717) is 5.57 Å². The van der Waals surface area contributed by atoms with Gasteiger partial charge in [0, 0.05) is 44.0 Å². The van der Waals surface area contributed by atoms with Crippen LogP contribution in [0.25, 0.3) is 46.4 Å². The number of aromatic nitrogens is 4. The summed E-state index contributed by atoms with van der Waals surface area (Å²) in [5.41, 5.74) is 9.13. The number of rotatable bonds is 2. The first kappa shape index (κ1) is 20.6. The third-order valence-corrected chi connectivity index (χ3v) is 8.30. The lowest BCUT2D eigenvalue weighted by Gasteiger charge is -2.71. The van der Waals surface area contributed by atoms with Crippen molar-refractivity contribution in [2.24, 2.45) is 5.41 Å². The van der Waals surface area contributed by atoms with Crippen LogP contribution in [0, 0.1) is 5.41 Å². The molecule has 0 saturated heterocycles. The van der Waals surface area contributed by atoms with Gasteiger partial charge in [-0.05, 0) is 104 Å². The number of hydrogen-bond acceptors (Lipinski definition) is 4. The number of ketones is 2. The van der Waals surface area contributed by atoms with Gasteiger partial charge in [-0.2, -0.15) is 0 Å². The molecule has 0 aromatic carbocycles. The number of nitrogens with one attached hydrogen (secondary N) is 2. The lowest BCUT2D eigenvalue weighted by atomic mass is 9.31. The summed E-state index contributed by atoms with van der Waals surface area (Å²) in [7, 11) is 0. The average Bonchev–Trinajstić information content (AvgIpc) is 3.62. The first-order chi connectivity index (χ1) is 18.0. The number of fused-ring (bicyclic) bond motifs is 8. The molecule has 10 bridgehead atoms. The second-order valence-electron chi connectivity index (χ2n) is 10.8. The minimum Gasteiger partial charge on any atom is -0.355 e. The first-order valence-electron chi connectivity index (χ1n) is 12.5. The largest absolute Gasteiger partial charge is 0.355 e. The molecule has 3 aromatic rings. The zero-order valence-corrected chi connectivity index (χ0v) is 19.9. The van der Waals surface area contributed by atoms with Gasteiger partial charge >= 0.3 is 0 Å². The highest BCUT2D eigenvalue weighted by Gasteiger charge is 2.71. The number of carbonyl (C=O) groups is 2. The molecule has 0 unspecified atom stereocenters. The lowest BCUT2D eigenvalue weighted by Crippen LogP contribution is -2.66. The molecule has 3 fully saturated rings. The number of H-pyrrole nitrogens is 2. The smallest absolute Gasteiger partial charge is 0.182 e. The molecule has 6 aliphatic rings. The quantitative estimate of drug-likeness (QED) is 0.315. The standard InChI is InChI=1S/C31H22N4O2/c36-24-7-10-28(37)25(14-24)30-15-31(16-30,17-30)29-26-8-5-22(34-26)12-20-3-1-18(32-20)11-19-2-4-21(33-19)13-23-6-9-27(29)35-23/h1-14,32-33H,15-17H2. The number of nitrogens with zero attached hydrogens (tertiary/aromatic N) is 2. The van der Waals surface area contributed by atoms with E-state index in [2.05, 4.69) is 64.6 Å². The number of carbonyl (C=O) groups excluding carboxylic acids is 2. The summed E-state index contributed by atoms with van der Waals surface area (Å²) in [6.07, 6.45) is 15.1. The van der Waals surface area contributed by atoms with Crippen molar-refractivity contribution in [2.75, 3.05) is 0 Å². The van der Waals surface area contributed by atoms with Crippen LogP contribution in [0.15, 0.2) is 66.3 Å². The molecule has 3 aromatic heterocycles. The van der Waals surface area contributed by atoms with E-state index in [1.165, 1.54) is 12.2 Å². The third kappa shape index (κ3) is 3.05. The summed E-state index contributed by atoms with van der Waals surface area (Å²) >= 11 is 0. The van der Waals surface area contributed by atoms with Gasteiger partial charge in [-0.25, -0.2) is 9.97 Å². The van der Waals surface area contributed by atoms with Crippen molar-refractivity contribution in [3.05, 3.63) is 94.6 Å². The van der Waals surface area contributed by atoms with Crippen molar-refractivity contribution < 1.29 is 9.59 Å². The van der Waals surface area contributed by atoms with Gasteiger partial charge in [0.15, 0.2) is 11.6 Å². The Kier molecular flexibility index (Phi) is 3.90. The van der Waals surface area contributed by atoms with Crippen LogP contribution < -0.4 is 0 Å². The SMILES string of the molecule is O=C1C=CC(=O)C(C23CC(c4c5nc(cc6ccc(cc7ccc(cc8nc4C=C8)[nH]7)[nH]6)C=C5)(C2)C3)=C1. The fourth-order valence-electron chi connectivity index (χ4n) is 6.81. The normalized spacial score (nSPS) is 25.1. The summed E-state index contributed by atoms with van der Waals surface area (Å²) in [6, 6.07) is 14.4. The van der Waals surface area contributed by atoms with Crippen molar-refractivity contribution in [2.45, 2.75) is 24.7 Å². The summed E-state index contributed by atoms with van der Waals surface area (Å²) < 4.78 is 0. The van der Waals surface area contributed by atoms with E-state index in [-0.39, 0.29) is 22.4 Å². The van der Waals surface area contributed by atoms with Crippen molar-refractivity contribution >= 4 is 57.9 Å². The summed E-state index contributed by atoms with van der Waals surface area (Å²) in [5.74, 6) is -0.130. The maximum absolute atomic E-state index is 12.6. The number of hydrogen-bond donors (Lipinski definition) is 2. The van der Waals surface area contributed by atoms with Crippen LogP contribution in [-0.2, 0) is 15.0 Å². The van der Waals surface area contributed by atoms with Crippen LogP contribution in [0.4, 0.5) is 0 Å². The van der Waals surface area contributed by atoms with Crippen molar-refractivity contribution in [3.8, 4) is 0 Å². The molecule has 37 heavy (non-hydrogen) atoms. The summed E-state index contributed by atoms with van der Waals surface area (Å²) in [6.45, 7) is 0. The van der Waals surface area contributed by atoms with Gasteiger partial charge in [0.1, 0.15) is 0 Å². The summed E-state index contributed by atoms with van der Waals surface area (Å²) in [4.78, 5) is 41.5. The molecule has 2 aliphatic heterocycles. The molecule has 4 aliphatic carbocycles. The van der Waals surface area contributed by atoms with Crippen molar-refractivity contribution in [1.82, 2.24) is 19.9 Å². The topological polar surface area (TPSA) is 91.5 Å². The van der Waals surface area contributed by atoms with Gasteiger partial charge in [0.2, 0.25) is 0 Å². The van der Waals surface area contributed by atoms with Crippen LogP contribution in [0.1, 0.15) is 47.6 Å². The van der Waals surface area contributed by atoms with Crippen LogP contribution in [0.5, 0.6) is 0 Å². The Morgan fingerprint density at radius 1 is 0.622 bits per heavy atom.